The Bertz CT molecular complexity index is 1590. The lowest BCUT2D eigenvalue weighted by atomic mass is 10.0. The first-order valence-corrected chi connectivity index (χ1v) is 14.2. The van der Waals surface area contributed by atoms with Crippen LogP contribution in [0.5, 0.6) is 5.75 Å². The molecule has 2 aliphatic rings. The number of carbonyl (C=O) groups excluding carboxylic acids is 1. The number of ether oxygens (including phenoxy) is 2. The van der Waals surface area contributed by atoms with Crippen molar-refractivity contribution in [1.82, 2.24) is 20.4 Å². The number of aromatic amines is 1. The van der Waals surface area contributed by atoms with Gasteiger partial charge in [0.15, 0.2) is 0 Å². The zero-order valence-corrected chi connectivity index (χ0v) is 23.8. The Morgan fingerprint density at radius 3 is 2.54 bits per heavy atom. The fourth-order valence-corrected chi connectivity index (χ4v) is 5.94. The molecule has 2 saturated heterocycles. The summed E-state index contributed by atoms with van der Waals surface area (Å²) in [5.41, 5.74) is 6.95. The molecule has 41 heavy (non-hydrogen) atoms. The van der Waals surface area contributed by atoms with E-state index >= 15 is 0 Å². The number of methoxy groups -OCH3 is 1. The van der Waals surface area contributed by atoms with E-state index in [9.17, 15) is 4.79 Å². The number of para-hydroxylation sites is 1. The average Bonchev–Trinajstić information content (AvgIpc) is 3.54. The highest BCUT2D eigenvalue weighted by atomic mass is 16.5. The molecule has 2 aliphatic heterocycles. The molecule has 4 aromatic rings. The van der Waals surface area contributed by atoms with Gasteiger partial charge in [-0.25, -0.2) is 0 Å². The van der Waals surface area contributed by atoms with E-state index in [1.165, 1.54) is 5.56 Å². The highest BCUT2D eigenvalue weighted by Crippen LogP contribution is 2.34. The van der Waals surface area contributed by atoms with Gasteiger partial charge in [0.25, 0.3) is 0 Å². The van der Waals surface area contributed by atoms with Crippen LogP contribution in [0.25, 0.3) is 29.1 Å². The number of fused-ring (bicyclic) bond motifs is 1. The molecule has 0 aliphatic carbocycles. The van der Waals surface area contributed by atoms with Gasteiger partial charge in [0, 0.05) is 42.6 Å². The van der Waals surface area contributed by atoms with E-state index in [1.54, 1.807) is 7.11 Å². The zero-order valence-electron chi connectivity index (χ0n) is 23.8. The van der Waals surface area contributed by atoms with E-state index in [0.29, 0.717) is 6.42 Å². The molecule has 3 aromatic carbocycles. The Kier molecular flexibility index (Phi) is 7.72. The Morgan fingerprint density at radius 2 is 1.76 bits per heavy atom. The molecule has 3 atom stereocenters. The van der Waals surface area contributed by atoms with Crippen molar-refractivity contribution >= 4 is 35.0 Å². The second kappa shape index (κ2) is 11.7. The molecule has 1 unspecified atom stereocenters. The van der Waals surface area contributed by atoms with Crippen LogP contribution in [-0.2, 0) is 16.1 Å². The molecular weight excluding hydrogens is 512 g/mol. The van der Waals surface area contributed by atoms with Crippen LogP contribution >= 0.6 is 0 Å². The topological polar surface area (TPSA) is 79.5 Å². The second-order valence-corrected chi connectivity index (χ2v) is 11.1. The van der Waals surface area contributed by atoms with Gasteiger partial charge in [0.1, 0.15) is 5.75 Å². The molecular formula is C34H36N4O3. The number of rotatable bonds is 7. The normalized spacial score (nSPS) is 22.6. The molecule has 2 N–H and O–H groups in total. The molecule has 1 amide bonds. The maximum Gasteiger partial charge on any atom is 0.247 e. The van der Waals surface area contributed by atoms with Crippen LogP contribution in [-0.4, -0.2) is 53.4 Å². The van der Waals surface area contributed by atoms with Crippen LogP contribution in [0.3, 0.4) is 0 Å². The predicted octanol–water partition coefficient (Wildman–Crippen LogP) is 6.00. The molecule has 210 valence electrons. The number of hydrogen-bond acceptors (Lipinski definition) is 5. The van der Waals surface area contributed by atoms with E-state index in [4.69, 9.17) is 9.47 Å². The van der Waals surface area contributed by atoms with Crippen molar-refractivity contribution in [2.45, 2.75) is 45.1 Å². The summed E-state index contributed by atoms with van der Waals surface area (Å²) in [7, 11) is 1.65. The van der Waals surface area contributed by atoms with Gasteiger partial charge in [0.05, 0.1) is 36.6 Å². The first-order chi connectivity index (χ1) is 19.9. The van der Waals surface area contributed by atoms with Crippen molar-refractivity contribution < 1.29 is 14.3 Å². The minimum atomic E-state index is -0.0987. The van der Waals surface area contributed by atoms with Gasteiger partial charge in [-0.2, -0.15) is 5.10 Å². The first-order valence-electron chi connectivity index (χ1n) is 14.2. The van der Waals surface area contributed by atoms with Crippen LogP contribution in [0.15, 0.2) is 72.3 Å². The minimum Gasteiger partial charge on any atom is -0.496 e. The molecule has 0 saturated carbocycles. The van der Waals surface area contributed by atoms with Crippen molar-refractivity contribution in [3.63, 3.8) is 0 Å². The maximum absolute atomic E-state index is 12.7. The highest BCUT2D eigenvalue weighted by molar-refractivity contribution is 6.01. The number of morpholine rings is 1. The van der Waals surface area contributed by atoms with Gasteiger partial charge < -0.3 is 14.8 Å². The largest absolute Gasteiger partial charge is 0.496 e. The van der Waals surface area contributed by atoms with Crippen LogP contribution in [0.4, 0.5) is 0 Å². The highest BCUT2D eigenvalue weighted by Gasteiger charge is 2.29. The van der Waals surface area contributed by atoms with Gasteiger partial charge in [-0.3, -0.25) is 14.8 Å². The summed E-state index contributed by atoms with van der Waals surface area (Å²) in [4.78, 5) is 15.2. The van der Waals surface area contributed by atoms with Crippen LogP contribution in [0.1, 0.15) is 54.3 Å². The molecule has 2 fully saturated rings. The fraction of sp³-hybridized carbons (Fsp3) is 0.294. The van der Waals surface area contributed by atoms with Gasteiger partial charge in [-0.1, -0.05) is 54.6 Å². The SMILES string of the molecule is COc1ccccc1C1C/C(=C\c2ccc3c(C=Cc4ccc(CN5C[C@@H](C)O[C@@H](C)C5)cc4)n[nH]c3c2)C(=O)N1. The van der Waals surface area contributed by atoms with Crippen LogP contribution in [0.2, 0.25) is 0 Å². The number of H-pyrrole nitrogens is 1. The molecule has 1 aromatic heterocycles. The summed E-state index contributed by atoms with van der Waals surface area (Å²) in [6, 6.07) is 22.6. The third-order valence-corrected chi connectivity index (χ3v) is 7.81. The number of nitrogens with zero attached hydrogens (tertiary/aromatic N) is 2. The third-order valence-electron chi connectivity index (χ3n) is 7.81. The summed E-state index contributed by atoms with van der Waals surface area (Å²) in [5, 5.41) is 11.8. The number of carbonyl (C=O) groups is 1. The molecule has 0 spiro atoms. The summed E-state index contributed by atoms with van der Waals surface area (Å²) < 4.78 is 11.3. The van der Waals surface area contributed by atoms with E-state index in [2.05, 4.69) is 70.7 Å². The smallest absolute Gasteiger partial charge is 0.247 e. The van der Waals surface area contributed by atoms with Crippen LogP contribution in [0, 0.1) is 0 Å². The lowest BCUT2D eigenvalue weighted by molar-refractivity contribution is -0.116. The van der Waals surface area contributed by atoms with Gasteiger partial charge in [-0.05, 0) is 60.9 Å². The molecule has 0 bridgehead atoms. The first kappa shape index (κ1) is 27.0. The van der Waals surface area contributed by atoms with Gasteiger partial charge >= 0.3 is 0 Å². The van der Waals surface area contributed by atoms with E-state index in [1.807, 2.05) is 48.6 Å². The van der Waals surface area contributed by atoms with Gasteiger partial charge in [-0.15, -0.1) is 0 Å². The molecule has 7 nitrogen and oxygen atoms in total. The second-order valence-electron chi connectivity index (χ2n) is 11.1. The standard InChI is InChI=1S/C34H36N4O3/c1-22-19-38(20-23(2)41-22)21-25-10-8-24(9-11-25)13-15-30-28-14-12-26(17-32(28)37-36-30)16-27-18-31(35-34(27)39)29-6-4-5-7-33(29)40-3/h4-17,22-23,31H,18-21H2,1-3H3,(H,35,39)(H,36,37)/b15-13?,27-16+/t22-,23+,31?. The summed E-state index contributed by atoms with van der Waals surface area (Å²) in [5.74, 6) is 0.737. The number of benzene rings is 3. The van der Waals surface area contributed by atoms with E-state index in [0.717, 1.165) is 64.2 Å². The van der Waals surface area contributed by atoms with Crippen molar-refractivity contribution in [2.75, 3.05) is 20.2 Å². The Balaban J connectivity index is 1.12. The van der Waals surface area contributed by atoms with Crippen molar-refractivity contribution in [1.29, 1.82) is 0 Å². The fourth-order valence-electron chi connectivity index (χ4n) is 5.94. The number of aromatic nitrogens is 2. The number of hydrogen-bond donors (Lipinski definition) is 2. The molecule has 3 heterocycles. The quantitative estimate of drug-likeness (QED) is 0.277. The zero-order chi connectivity index (χ0) is 28.3. The Labute approximate surface area is 240 Å². The van der Waals surface area contributed by atoms with Crippen molar-refractivity contribution in [2.24, 2.45) is 0 Å². The lowest BCUT2D eigenvalue weighted by Crippen LogP contribution is -2.44. The maximum atomic E-state index is 12.7. The third kappa shape index (κ3) is 6.11. The van der Waals surface area contributed by atoms with E-state index in [-0.39, 0.29) is 24.2 Å². The van der Waals surface area contributed by atoms with Crippen LogP contribution < -0.4 is 10.1 Å². The Hall–Kier alpha value is -4.20. The van der Waals surface area contributed by atoms with Crippen molar-refractivity contribution in [3.05, 3.63) is 100 Å². The average molecular weight is 549 g/mol. The molecule has 0 radical (unpaired) electrons. The lowest BCUT2D eigenvalue weighted by Gasteiger charge is -2.35. The Morgan fingerprint density at radius 1 is 1.00 bits per heavy atom. The summed E-state index contributed by atoms with van der Waals surface area (Å²) >= 11 is 0. The molecule has 6 rings (SSSR count). The predicted molar refractivity (Wildman–Crippen MR) is 163 cm³/mol. The molecule has 7 heteroatoms. The number of amides is 1. The number of nitrogens with one attached hydrogen (secondary N) is 2. The van der Waals surface area contributed by atoms with Crippen molar-refractivity contribution in [3.8, 4) is 5.75 Å². The summed E-state index contributed by atoms with van der Waals surface area (Å²) in [6.07, 6.45) is 7.25. The van der Waals surface area contributed by atoms with Gasteiger partial charge in [0.2, 0.25) is 5.91 Å². The summed E-state index contributed by atoms with van der Waals surface area (Å²) in [6.45, 7) is 7.15. The monoisotopic (exact) mass is 548 g/mol. The van der Waals surface area contributed by atoms with E-state index < -0.39 is 0 Å². The minimum absolute atomic E-state index is 0.0469.